The maximum absolute atomic E-state index is 10.8. The minimum Gasteiger partial charge on any atom is -0.494 e. The van der Waals surface area contributed by atoms with Crippen LogP contribution >= 0.6 is 0 Å². The van der Waals surface area contributed by atoms with Crippen LogP contribution in [0.1, 0.15) is 19.3 Å². The number of nitrogens with zero attached hydrogens (tertiary/aromatic N) is 5. The van der Waals surface area contributed by atoms with Gasteiger partial charge in [0.2, 0.25) is 0 Å². The molecule has 15 heteroatoms. The minimum atomic E-state index is -1.57. The van der Waals surface area contributed by atoms with Gasteiger partial charge in [0.1, 0.15) is 41.6 Å². The first-order valence-corrected chi connectivity index (χ1v) is 14.2. The Kier molecular flexibility index (Phi) is 12.4. The van der Waals surface area contributed by atoms with Gasteiger partial charge < -0.3 is 39.4 Å². The third-order valence-electron chi connectivity index (χ3n) is 6.79. The highest BCUT2D eigenvalue weighted by atomic mass is 16.6. The molecule has 0 saturated carbocycles. The first-order chi connectivity index (χ1) is 21.7. The van der Waals surface area contributed by atoms with E-state index in [1.807, 2.05) is 0 Å². The van der Waals surface area contributed by atoms with Crippen molar-refractivity contribution in [3.63, 3.8) is 0 Å². The van der Waals surface area contributed by atoms with Gasteiger partial charge >= 0.3 is 0 Å². The van der Waals surface area contributed by atoms with Gasteiger partial charge in [-0.1, -0.05) is 0 Å². The zero-order chi connectivity index (χ0) is 32.2. The molecule has 15 nitrogen and oxygen atoms in total. The van der Waals surface area contributed by atoms with E-state index in [0.717, 1.165) is 19.3 Å². The molecule has 240 valence electrons. The fourth-order valence-electron chi connectivity index (χ4n) is 4.23. The number of unbranched alkanes of at least 4 members (excludes halogenated alkanes) is 2. The summed E-state index contributed by atoms with van der Waals surface area (Å²) in [5.74, 6) is 1.13. The highest BCUT2D eigenvalue weighted by Gasteiger charge is 2.42. The average molecular weight is 626 g/mol. The van der Waals surface area contributed by atoms with Crippen molar-refractivity contribution in [1.29, 1.82) is 0 Å². The summed E-state index contributed by atoms with van der Waals surface area (Å²) >= 11 is 0. The zero-order valence-corrected chi connectivity index (χ0v) is 24.5. The normalized spacial score (nSPS) is 21.8. The largest absolute Gasteiger partial charge is 0.494 e. The summed E-state index contributed by atoms with van der Waals surface area (Å²) in [5, 5.41) is 66.3. The van der Waals surface area contributed by atoms with E-state index in [0.29, 0.717) is 47.5 Å². The van der Waals surface area contributed by atoms with Crippen molar-refractivity contribution in [3.05, 3.63) is 76.8 Å². The molecule has 0 bridgehead atoms. The van der Waals surface area contributed by atoms with Gasteiger partial charge in [-0.2, -0.15) is 15.3 Å². The van der Waals surface area contributed by atoms with Crippen LogP contribution in [0.2, 0.25) is 0 Å². The highest BCUT2D eigenvalue weighted by Crippen LogP contribution is 2.34. The summed E-state index contributed by atoms with van der Waals surface area (Å²) in [5.41, 5.74) is 2.06. The predicted octanol–water partition coefficient (Wildman–Crippen LogP) is 4.80. The number of benzene rings is 3. The molecule has 1 heterocycles. The number of azo groups is 2. The number of nitro benzene ring substituents is 1. The minimum absolute atomic E-state index is 0.0154. The molecule has 1 aliphatic rings. The Labute approximate surface area is 258 Å². The van der Waals surface area contributed by atoms with Gasteiger partial charge in [-0.15, -0.1) is 5.11 Å². The molecule has 45 heavy (non-hydrogen) atoms. The fourth-order valence-corrected chi connectivity index (χ4v) is 4.23. The highest BCUT2D eigenvalue weighted by molar-refractivity contribution is 5.59. The lowest BCUT2D eigenvalue weighted by Gasteiger charge is -2.38. The van der Waals surface area contributed by atoms with E-state index in [-0.39, 0.29) is 12.3 Å². The van der Waals surface area contributed by atoms with Gasteiger partial charge in [-0.25, -0.2) is 0 Å². The molecule has 0 amide bonds. The Bertz CT molecular complexity index is 1440. The number of methoxy groups -OCH3 is 1. The first-order valence-electron chi connectivity index (χ1n) is 14.2. The fraction of sp³-hybridized carbons (Fsp3) is 0.400. The molecule has 0 spiro atoms. The van der Waals surface area contributed by atoms with Crippen LogP contribution in [-0.2, 0) is 9.47 Å². The second-order valence-corrected chi connectivity index (χ2v) is 10.0. The van der Waals surface area contributed by atoms with E-state index in [9.17, 15) is 30.5 Å². The van der Waals surface area contributed by atoms with E-state index in [4.69, 9.17) is 18.9 Å². The molecule has 1 saturated heterocycles. The zero-order valence-electron chi connectivity index (χ0n) is 24.5. The van der Waals surface area contributed by atoms with Crippen LogP contribution in [0.4, 0.5) is 28.4 Å². The molecular formula is C30H35N5O10. The molecule has 3 unspecified atom stereocenters. The quantitative estimate of drug-likeness (QED) is 0.0784. The van der Waals surface area contributed by atoms with Crippen LogP contribution in [0, 0.1) is 10.1 Å². The maximum atomic E-state index is 10.8. The van der Waals surface area contributed by atoms with Crippen molar-refractivity contribution >= 4 is 28.4 Å². The van der Waals surface area contributed by atoms with Gasteiger partial charge in [-0.3, -0.25) is 10.1 Å². The standard InChI is InChI=1S/C30H35N5O10/c1-42-25-17-21(33-31-19-5-10-22(11-6-19)35(40)41)9-14-24(25)34-32-20-7-12-23(13-8-20)44-16-4-2-3-15-43-18-26-27(36)28(37)29(38)30(39)45-26/h5-14,17,26-30,36-39H,2-4,15-16,18H2,1H3/b33-31+,34-32+/t26?,27-,28?,29?,30+/m0/s1. The molecular weight excluding hydrogens is 590 g/mol. The molecule has 5 atom stereocenters. The van der Waals surface area contributed by atoms with Crippen molar-refractivity contribution in [3.8, 4) is 11.5 Å². The Morgan fingerprint density at radius 2 is 1.40 bits per heavy atom. The number of aliphatic hydroxyl groups is 4. The van der Waals surface area contributed by atoms with Crippen molar-refractivity contribution < 1.29 is 44.3 Å². The monoisotopic (exact) mass is 625 g/mol. The van der Waals surface area contributed by atoms with Gasteiger partial charge in [0, 0.05) is 24.8 Å². The smallest absolute Gasteiger partial charge is 0.269 e. The summed E-state index contributed by atoms with van der Waals surface area (Å²) in [6.07, 6.45) is -4.53. The van der Waals surface area contributed by atoms with Crippen LogP contribution in [0.15, 0.2) is 87.2 Å². The number of hydrogen-bond acceptors (Lipinski definition) is 14. The van der Waals surface area contributed by atoms with Crippen molar-refractivity contribution in [1.82, 2.24) is 0 Å². The Hall–Kier alpha value is -4.38. The van der Waals surface area contributed by atoms with Crippen molar-refractivity contribution in [2.45, 2.75) is 50.0 Å². The Morgan fingerprint density at radius 1 is 0.778 bits per heavy atom. The molecule has 3 aromatic carbocycles. The van der Waals surface area contributed by atoms with E-state index >= 15 is 0 Å². The van der Waals surface area contributed by atoms with Crippen molar-refractivity contribution in [2.75, 3.05) is 26.9 Å². The van der Waals surface area contributed by atoms with Crippen LogP contribution in [0.25, 0.3) is 0 Å². The summed E-state index contributed by atoms with van der Waals surface area (Å²) in [4.78, 5) is 10.3. The van der Waals surface area contributed by atoms with Crippen LogP contribution < -0.4 is 9.47 Å². The summed E-state index contributed by atoms with van der Waals surface area (Å²) in [7, 11) is 1.51. The SMILES string of the molecule is COc1cc(/N=N/c2ccc([N+](=O)[O-])cc2)ccc1/N=N/c1ccc(OCCCCCOCC2O[C@@H](O)C(O)C(O)[C@H]2O)cc1. The molecule has 1 aliphatic heterocycles. The molecule has 1 fully saturated rings. The second kappa shape index (κ2) is 16.6. The number of rotatable bonds is 15. The third-order valence-corrected chi connectivity index (χ3v) is 6.79. The maximum Gasteiger partial charge on any atom is 0.269 e. The number of hydrogen-bond donors (Lipinski definition) is 4. The van der Waals surface area contributed by atoms with E-state index in [2.05, 4.69) is 20.5 Å². The number of non-ortho nitro benzene ring substituents is 1. The molecule has 0 aliphatic carbocycles. The summed E-state index contributed by atoms with van der Waals surface area (Å²) < 4.78 is 21.8. The van der Waals surface area contributed by atoms with E-state index in [1.165, 1.54) is 31.4 Å². The topological polar surface area (TPSA) is 210 Å². The lowest BCUT2D eigenvalue weighted by Crippen LogP contribution is -2.58. The van der Waals surface area contributed by atoms with Crippen LogP contribution in [0.3, 0.4) is 0 Å². The molecule has 4 rings (SSSR count). The second-order valence-electron chi connectivity index (χ2n) is 10.0. The summed E-state index contributed by atoms with van der Waals surface area (Å²) in [6.45, 7) is 0.895. The lowest BCUT2D eigenvalue weighted by molar-refractivity contribution is -0.384. The molecule has 0 radical (unpaired) electrons. The van der Waals surface area contributed by atoms with E-state index in [1.54, 1.807) is 42.5 Å². The van der Waals surface area contributed by atoms with Crippen LogP contribution in [-0.4, -0.2) is 83.0 Å². The Balaban J connectivity index is 1.16. The van der Waals surface area contributed by atoms with Gasteiger partial charge in [-0.05, 0) is 67.8 Å². The third kappa shape index (κ3) is 9.81. The molecule has 0 aromatic heterocycles. The first kappa shape index (κ1) is 33.5. The predicted molar refractivity (Wildman–Crippen MR) is 160 cm³/mol. The number of nitro groups is 1. The Morgan fingerprint density at radius 3 is 2.09 bits per heavy atom. The van der Waals surface area contributed by atoms with Gasteiger partial charge in [0.15, 0.2) is 6.29 Å². The van der Waals surface area contributed by atoms with Gasteiger partial charge in [0.25, 0.3) is 5.69 Å². The molecule has 3 aromatic rings. The number of aliphatic hydroxyl groups excluding tert-OH is 4. The summed E-state index contributed by atoms with van der Waals surface area (Å²) in [6, 6.07) is 17.9. The average Bonchev–Trinajstić information content (AvgIpc) is 3.06. The van der Waals surface area contributed by atoms with Crippen molar-refractivity contribution in [2.24, 2.45) is 20.5 Å². The van der Waals surface area contributed by atoms with Crippen LogP contribution in [0.5, 0.6) is 11.5 Å². The van der Waals surface area contributed by atoms with E-state index < -0.39 is 35.6 Å². The molecule has 4 N–H and O–H groups in total. The number of ether oxygens (including phenoxy) is 4. The lowest BCUT2D eigenvalue weighted by atomic mass is 9.99. The van der Waals surface area contributed by atoms with Gasteiger partial charge in [0.05, 0.1) is 42.3 Å².